The summed E-state index contributed by atoms with van der Waals surface area (Å²) in [5.41, 5.74) is 2.59. The fraction of sp³-hybridized carbons (Fsp3) is 0.533. The standard InChI is InChI=1S/C15H23N3S.HI/c1-12-5-3-6-13(9-12)10-17-15(16-2)18-11-14-7-4-8-19-14;/h3,5-6,9,14H,4,7-8,10-11H2,1-2H3,(H2,16,17,18);1H. The van der Waals surface area contributed by atoms with E-state index in [-0.39, 0.29) is 24.0 Å². The number of benzene rings is 1. The van der Waals surface area contributed by atoms with Crippen LogP contribution in [0.1, 0.15) is 24.0 Å². The molecule has 3 nitrogen and oxygen atoms in total. The molecule has 0 aliphatic carbocycles. The zero-order valence-corrected chi connectivity index (χ0v) is 15.3. The average molecular weight is 405 g/mol. The minimum Gasteiger partial charge on any atom is -0.355 e. The summed E-state index contributed by atoms with van der Waals surface area (Å²) < 4.78 is 0. The molecule has 1 heterocycles. The molecule has 1 atom stereocenters. The molecule has 0 amide bonds. The average Bonchev–Trinajstić information content (AvgIpc) is 2.92. The quantitative estimate of drug-likeness (QED) is 0.459. The van der Waals surface area contributed by atoms with Crippen molar-refractivity contribution in [1.29, 1.82) is 0 Å². The van der Waals surface area contributed by atoms with Gasteiger partial charge < -0.3 is 10.6 Å². The number of halogens is 1. The zero-order chi connectivity index (χ0) is 13.5. The number of thioether (sulfide) groups is 1. The van der Waals surface area contributed by atoms with Crippen molar-refractivity contribution in [3.63, 3.8) is 0 Å². The molecule has 1 aromatic carbocycles. The molecule has 0 radical (unpaired) electrons. The van der Waals surface area contributed by atoms with Crippen molar-refractivity contribution in [3.05, 3.63) is 35.4 Å². The van der Waals surface area contributed by atoms with E-state index in [1.54, 1.807) is 0 Å². The van der Waals surface area contributed by atoms with E-state index in [2.05, 4.69) is 58.6 Å². The Morgan fingerprint density at radius 3 is 2.90 bits per heavy atom. The van der Waals surface area contributed by atoms with E-state index in [4.69, 9.17) is 0 Å². The summed E-state index contributed by atoms with van der Waals surface area (Å²) in [4.78, 5) is 4.27. The van der Waals surface area contributed by atoms with Crippen LogP contribution >= 0.6 is 35.7 Å². The van der Waals surface area contributed by atoms with E-state index in [0.29, 0.717) is 0 Å². The molecule has 0 saturated carbocycles. The van der Waals surface area contributed by atoms with E-state index in [0.717, 1.165) is 24.3 Å². The fourth-order valence-corrected chi connectivity index (χ4v) is 3.45. The van der Waals surface area contributed by atoms with Crippen LogP contribution in [0.2, 0.25) is 0 Å². The van der Waals surface area contributed by atoms with Crippen LogP contribution in [-0.2, 0) is 6.54 Å². The Kier molecular flexibility index (Phi) is 8.37. The maximum atomic E-state index is 4.27. The smallest absolute Gasteiger partial charge is 0.191 e. The van der Waals surface area contributed by atoms with Crippen molar-refractivity contribution >= 4 is 41.7 Å². The molecule has 0 bridgehead atoms. The second-order valence-corrected chi connectivity index (χ2v) is 6.34. The van der Waals surface area contributed by atoms with Crippen LogP contribution in [0.5, 0.6) is 0 Å². The summed E-state index contributed by atoms with van der Waals surface area (Å²) in [5.74, 6) is 2.20. The van der Waals surface area contributed by atoms with Gasteiger partial charge in [-0.15, -0.1) is 24.0 Å². The lowest BCUT2D eigenvalue weighted by Gasteiger charge is -2.15. The first-order chi connectivity index (χ1) is 9.28. The van der Waals surface area contributed by atoms with Crippen molar-refractivity contribution in [2.75, 3.05) is 19.3 Å². The lowest BCUT2D eigenvalue weighted by Crippen LogP contribution is -2.39. The molecule has 20 heavy (non-hydrogen) atoms. The van der Waals surface area contributed by atoms with Crippen molar-refractivity contribution in [2.45, 2.75) is 31.6 Å². The summed E-state index contributed by atoms with van der Waals surface area (Å²) in [7, 11) is 1.83. The van der Waals surface area contributed by atoms with Crippen LogP contribution < -0.4 is 10.6 Å². The van der Waals surface area contributed by atoms with Gasteiger partial charge in [0.15, 0.2) is 5.96 Å². The van der Waals surface area contributed by atoms with E-state index in [9.17, 15) is 0 Å². The highest BCUT2D eigenvalue weighted by Gasteiger charge is 2.15. The first kappa shape index (κ1) is 17.6. The number of nitrogens with one attached hydrogen (secondary N) is 2. The van der Waals surface area contributed by atoms with Crippen molar-refractivity contribution in [3.8, 4) is 0 Å². The highest BCUT2D eigenvalue weighted by atomic mass is 127. The first-order valence-electron chi connectivity index (χ1n) is 6.89. The van der Waals surface area contributed by atoms with E-state index >= 15 is 0 Å². The Hall–Kier alpha value is -0.430. The molecule has 0 spiro atoms. The molecule has 0 aromatic heterocycles. The van der Waals surface area contributed by atoms with Gasteiger partial charge in [-0.1, -0.05) is 29.8 Å². The minimum atomic E-state index is 0. The fourth-order valence-electron chi connectivity index (χ4n) is 2.24. The summed E-state index contributed by atoms with van der Waals surface area (Å²) in [5, 5.41) is 7.53. The number of rotatable bonds is 4. The molecule has 1 aromatic rings. The highest BCUT2D eigenvalue weighted by Crippen LogP contribution is 2.25. The SMILES string of the molecule is CN=C(NCc1cccc(C)c1)NCC1CCCS1.I. The summed E-state index contributed by atoms with van der Waals surface area (Å²) in [6, 6.07) is 8.55. The number of nitrogens with zero attached hydrogens (tertiary/aromatic N) is 1. The van der Waals surface area contributed by atoms with Gasteiger partial charge >= 0.3 is 0 Å². The third-order valence-electron chi connectivity index (χ3n) is 3.29. The number of hydrogen-bond acceptors (Lipinski definition) is 2. The lowest BCUT2D eigenvalue weighted by atomic mass is 10.1. The van der Waals surface area contributed by atoms with Crippen molar-refractivity contribution in [2.24, 2.45) is 4.99 Å². The Morgan fingerprint density at radius 1 is 1.40 bits per heavy atom. The molecule has 1 fully saturated rings. The molecule has 1 aliphatic rings. The van der Waals surface area contributed by atoms with Gasteiger partial charge in [0.1, 0.15) is 0 Å². The van der Waals surface area contributed by atoms with Crippen LogP contribution in [0.15, 0.2) is 29.3 Å². The molecule has 2 rings (SSSR count). The summed E-state index contributed by atoms with van der Waals surface area (Å²) in [6.45, 7) is 3.95. The minimum absolute atomic E-state index is 0. The monoisotopic (exact) mass is 405 g/mol. The number of guanidine groups is 1. The first-order valence-corrected chi connectivity index (χ1v) is 7.94. The second kappa shape index (κ2) is 9.50. The van der Waals surface area contributed by atoms with Crippen molar-refractivity contribution in [1.82, 2.24) is 10.6 Å². The van der Waals surface area contributed by atoms with E-state index in [1.165, 1.54) is 29.7 Å². The zero-order valence-electron chi connectivity index (χ0n) is 12.2. The predicted molar refractivity (Wildman–Crippen MR) is 100 cm³/mol. The number of aliphatic imine (C=N–C) groups is 1. The van der Waals surface area contributed by atoms with Crippen LogP contribution in [0.3, 0.4) is 0 Å². The van der Waals surface area contributed by atoms with Gasteiger partial charge in [0, 0.05) is 25.4 Å². The number of hydrogen-bond donors (Lipinski definition) is 2. The third-order valence-corrected chi connectivity index (χ3v) is 4.69. The third kappa shape index (κ3) is 5.91. The molecule has 1 unspecified atom stereocenters. The van der Waals surface area contributed by atoms with Crippen LogP contribution in [0, 0.1) is 6.92 Å². The number of aryl methyl sites for hydroxylation is 1. The van der Waals surface area contributed by atoms with Crippen LogP contribution in [-0.4, -0.2) is 30.6 Å². The Balaban J connectivity index is 0.00000200. The molecule has 112 valence electrons. The maximum Gasteiger partial charge on any atom is 0.191 e. The van der Waals surface area contributed by atoms with Gasteiger partial charge in [-0.05, 0) is 31.1 Å². The normalized spacial score (nSPS) is 18.5. The second-order valence-electron chi connectivity index (χ2n) is 4.93. The lowest BCUT2D eigenvalue weighted by molar-refractivity contribution is 0.726. The highest BCUT2D eigenvalue weighted by molar-refractivity contribution is 14.0. The molecular weight excluding hydrogens is 381 g/mol. The largest absolute Gasteiger partial charge is 0.355 e. The Morgan fingerprint density at radius 2 is 2.25 bits per heavy atom. The van der Waals surface area contributed by atoms with Crippen LogP contribution in [0.25, 0.3) is 0 Å². The summed E-state index contributed by atoms with van der Waals surface area (Å²) >= 11 is 2.07. The maximum absolute atomic E-state index is 4.27. The molecule has 5 heteroatoms. The van der Waals surface area contributed by atoms with Gasteiger partial charge in [0.05, 0.1) is 0 Å². The van der Waals surface area contributed by atoms with E-state index < -0.39 is 0 Å². The van der Waals surface area contributed by atoms with Gasteiger partial charge in [0.25, 0.3) is 0 Å². The molecule has 1 saturated heterocycles. The van der Waals surface area contributed by atoms with Gasteiger partial charge in [-0.3, -0.25) is 4.99 Å². The van der Waals surface area contributed by atoms with Crippen LogP contribution in [0.4, 0.5) is 0 Å². The topological polar surface area (TPSA) is 36.4 Å². The Labute approximate surface area is 143 Å². The molecule has 2 N–H and O–H groups in total. The predicted octanol–water partition coefficient (Wildman–Crippen LogP) is 3.17. The van der Waals surface area contributed by atoms with Gasteiger partial charge in [-0.25, -0.2) is 0 Å². The molecular formula is C15H24IN3S. The Bertz CT molecular complexity index is 431. The van der Waals surface area contributed by atoms with Gasteiger partial charge in [-0.2, -0.15) is 11.8 Å². The van der Waals surface area contributed by atoms with Crippen molar-refractivity contribution < 1.29 is 0 Å². The van der Waals surface area contributed by atoms with Gasteiger partial charge in [0.2, 0.25) is 0 Å². The molecule has 1 aliphatic heterocycles. The summed E-state index contributed by atoms with van der Waals surface area (Å²) in [6.07, 6.45) is 2.68. The van der Waals surface area contributed by atoms with E-state index in [1.807, 2.05) is 7.05 Å².